The van der Waals surface area contributed by atoms with E-state index in [4.69, 9.17) is 4.74 Å². The molecule has 1 fully saturated rings. The summed E-state index contributed by atoms with van der Waals surface area (Å²) in [5, 5.41) is 11.7. The second-order valence-corrected chi connectivity index (χ2v) is 7.37. The maximum absolute atomic E-state index is 13.0. The van der Waals surface area contributed by atoms with Crippen LogP contribution in [0.3, 0.4) is 0 Å². The van der Waals surface area contributed by atoms with Crippen LogP contribution in [0.1, 0.15) is 22.3 Å². The van der Waals surface area contributed by atoms with Crippen LogP contribution in [-0.4, -0.2) is 59.6 Å². The van der Waals surface area contributed by atoms with Gasteiger partial charge < -0.3 is 24.8 Å². The van der Waals surface area contributed by atoms with Crippen molar-refractivity contribution in [2.75, 3.05) is 13.1 Å². The Morgan fingerprint density at radius 1 is 1.18 bits per heavy atom. The van der Waals surface area contributed by atoms with Crippen molar-refractivity contribution in [3.05, 3.63) is 59.4 Å². The molecule has 3 rings (SSSR count). The molecule has 33 heavy (non-hydrogen) atoms. The summed E-state index contributed by atoms with van der Waals surface area (Å²) in [4.78, 5) is 37.2. The first-order chi connectivity index (χ1) is 15.6. The lowest BCUT2D eigenvalue weighted by Crippen LogP contribution is -2.45. The van der Waals surface area contributed by atoms with Crippen molar-refractivity contribution < 1.29 is 42.1 Å². The summed E-state index contributed by atoms with van der Waals surface area (Å²) in [6, 6.07) is 8.64. The second-order valence-electron chi connectivity index (χ2n) is 7.37. The summed E-state index contributed by atoms with van der Waals surface area (Å²) in [5.74, 6) is -2.21. The minimum absolute atomic E-state index is 0.224. The van der Waals surface area contributed by atoms with Crippen LogP contribution in [0.15, 0.2) is 42.5 Å². The van der Waals surface area contributed by atoms with E-state index in [-0.39, 0.29) is 18.5 Å². The number of benzene rings is 2. The smallest absolute Gasteiger partial charge is 0.345 e. The standard InChI is InChI=1S/C22H21F3N2O6/c1-12-8-13(2-7-18(12)32-15-5-3-14(23)4-6-15)20(29)26-10-19(28)27-11-16(33-22(24)25)9-17(27)21(30)31/h2-8,16-17,22H,9-11H2,1H3,(H,26,29)(H,30,31)/t16-,17+/m1/s1. The number of nitrogens with zero attached hydrogens (tertiary/aromatic N) is 1. The molecular formula is C22H21F3N2O6. The molecule has 2 atom stereocenters. The number of hydrogen-bond donors (Lipinski definition) is 2. The number of aryl methyl sites for hydroxylation is 1. The van der Waals surface area contributed by atoms with E-state index in [0.29, 0.717) is 17.1 Å². The van der Waals surface area contributed by atoms with Crippen LogP contribution in [0.5, 0.6) is 11.5 Å². The number of aliphatic carboxylic acids is 1. The number of carbonyl (C=O) groups is 3. The van der Waals surface area contributed by atoms with Crippen molar-refractivity contribution in [3.63, 3.8) is 0 Å². The van der Waals surface area contributed by atoms with Gasteiger partial charge >= 0.3 is 12.6 Å². The molecule has 1 aliphatic rings. The zero-order chi connectivity index (χ0) is 24.1. The lowest BCUT2D eigenvalue weighted by Gasteiger charge is -2.21. The van der Waals surface area contributed by atoms with E-state index in [1.54, 1.807) is 13.0 Å². The van der Waals surface area contributed by atoms with Crippen LogP contribution >= 0.6 is 0 Å². The first-order valence-corrected chi connectivity index (χ1v) is 9.92. The fourth-order valence-electron chi connectivity index (χ4n) is 3.45. The summed E-state index contributed by atoms with van der Waals surface area (Å²) in [5.41, 5.74) is 0.831. The molecule has 2 amide bonds. The monoisotopic (exact) mass is 466 g/mol. The quantitative estimate of drug-likeness (QED) is 0.620. The molecule has 0 unspecified atom stereocenters. The van der Waals surface area contributed by atoms with Crippen LogP contribution in [0.4, 0.5) is 13.2 Å². The van der Waals surface area contributed by atoms with Crippen LogP contribution in [0.2, 0.25) is 0 Å². The Bertz CT molecular complexity index is 1030. The number of carboxylic acid groups (broad SMARTS) is 1. The van der Waals surface area contributed by atoms with Gasteiger partial charge in [-0.2, -0.15) is 8.78 Å². The Morgan fingerprint density at radius 2 is 1.88 bits per heavy atom. The Balaban J connectivity index is 1.59. The third-order valence-corrected chi connectivity index (χ3v) is 5.04. The second kappa shape index (κ2) is 10.3. The molecule has 0 bridgehead atoms. The highest BCUT2D eigenvalue weighted by molar-refractivity contribution is 5.97. The molecule has 1 saturated heterocycles. The van der Waals surface area contributed by atoms with E-state index >= 15 is 0 Å². The maximum atomic E-state index is 13.0. The topological polar surface area (TPSA) is 105 Å². The van der Waals surface area contributed by atoms with Crippen molar-refractivity contribution in [2.24, 2.45) is 0 Å². The maximum Gasteiger partial charge on any atom is 0.345 e. The summed E-state index contributed by atoms with van der Waals surface area (Å²) >= 11 is 0. The summed E-state index contributed by atoms with van der Waals surface area (Å²) in [6.07, 6.45) is -1.38. The van der Waals surface area contributed by atoms with E-state index in [0.717, 1.165) is 4.90 Å². The van der Waals surface area contributed by atoms with Gasteiger partial charge in [0.2, 0.25) is 5.91 Å². The number of nitrogens with one attached hydrogen (secondary N) is 1. The van der Waals surface area contributed by atoms with E-state index in [1.807, 2.05) is 0 Å². The van der Waals surface area contributed by atoms with Crippen molar-refractivity contribution in [2.45, 2.75) is 32.1 Å². The molecule has 11 heteroatoms. The first kappa shape index (κ1) is 24.1. The van der Waals surface area contributed by atoms with E-state index in [2.05, 4.69) is 10.1 Å². The Hall–Kier alpha value is -3.60. The van der Waals surface area contributed by atoms with Crippen LogP contribution < -0.4 is 10.1 Å². The van der Waals surface area contributed by atoms with Crippen molar-refractivity contribution >= 4 is 17.8 Å². The summed E-state index contributed by atoms with van der Waals surface area (Å²) < 4.78 is 47.9. The van der Waals surface area contributed by atoms with Gasteiger partial charge in [-0.05, 0) is 55.0 Å². The minimum atomic E-state index is -3.09. The largest absolute Gasteiger partial charge is 0.480 e. The van der Waals surface area contributed by atoms with Gasteiger partial charge in [0.25, 0.3) is 5.91 Å². The van der Waals surface area contributed by atoms with Gasteiger partial charge in [-0.15, -0.1) is 0 Å². The number of halogens is 3. The molecule has 1 heterocycles. The molecule has 8 nitrogen and oxygen atoms in total. The van der Waals surface area contributed by atoms with Crippen molar-refractivity contribution in [1.29, 1.82) is 0 Å². The highest BCUT2D eigenvalue weighted by atomic mass is 19.3. The van der Waals surface area contributed by atoms with Crippen LogP contribution in [0.25, 0.3) is 0 Å². The highest BCUT2D eigenvalue weighted by Gasteiger charge is 2.41. The zero-order valence-electron chi connectivity index (χ0n) is 17.5. The third kappa shape index (κ3) is 6.22. The average molecular weight is 466 g/mol. The zero-order valence-corrected chi connectivity index (χ0v) is 17.5. The number of rotatable bonds is 8. The Morgan fingerprint density at radius 3 is 2.48 bits per heavy atom. The fourth-order valence-corrected chi connectivity index (χ4v) is 3.45. The number of amides is 2. The van der Waals surface area contributed by atoms with E-state index < -0.39 is 48.9 Å². The molecule has 0 spiro atoms. The highest BCUT2D eigenvalue weighted by Crippen LogP contribution is 2.26. The third-order valence-electron chi connectivity index (χ3n) is 5.04. The molecule has 0 saturated carbocycles. The molecule has 2 aromatic rings. The van der Waals surface area contributed by atoms with Gasteiger partial charge in [0.15, 0.2) is 0 Å². The Kier molecular flexibility index (Phi) is 7.54. The minimum Gasteiger partial charge on any atom is -0.480 e. The van der Waals surface area contributed by atoms with Gasteiger partial charge in [-0.3, -0.25) is 9.59 Å². The number of carbonyl (C=O) groups excluding carboxylic acids is 2. The van der Waals surface area contributed by atoms with Crippen LogP contribution in [-0.2, 0) is 14.3 Å². The fraction of sp³-hybridized carbons (Fsp3) is 0.318. The summed E-state index contributed by atoms with van der Waals surface area (Å²) in [6.45, 7) is -2.22. The average Bonchev–Trinajstić information content (AvgIpc) is 3.18. The molecule has 0 aliphatic carbocycles. The van der Waals surface area contributed by atoms with Gasteiger partial charge in [-0.25, -0.2) is 9.18 Å². The number of carboxylic acids is 1. The van der Waals surface area contributed by atoms with E-state index in [9.17, 15) is 32.7 Å². The predicted octanol–water partition coefficient (Wildman–Crippen LogP) is 2.95. The normalized spacial score (nSPS) is 17.8. The van der Waals surface area contributed by atoms with Gasteiger partial charge in [-0.1, -0.05) is 0 Å². The molecule has 0 radical (unpaired) electrons. The Labute approximate surface area is 186 Å². The molecule has 1 aliphatic heterocycles. The van der Waals surface area contributed by atoms with Gasteiger partial charge in [0.1, 0.15) is 23.4 Å². The number of alkyl halides is 2. The van der Waals surface area contributed by atoms with Gasteiger partial charge in [0.05, 0.1) is 12.6 Å². The molecule has 2 aromatic carbocycles. The summed E-state index contributed by atoms with van der Waals surface area (Å²) in [7, 11) is 0. The molecule has 0 aromatic heterocycles. The first-order valence-electron chi connectivity index (χ1n) is 9.92. The number of hydrogen-bond acceptors (Lipinski definition) is 5. The molecular weight excluding hydrogens is 445 g/mol. The van der Waals surface area contributed by atoms with E-state index in [1.165, 1.54) is 36.4 Å². The van der Waals surface area contributed by atoms with Crippen molar-refractivity contribution in [3.8, 4) is 11.5 Å². The SMILES string of the molecule is Cc1cc(C(=O)NCC(=O)N2C[C@H](OC(F)F)C[C@H]2C(=O)O)ccc1Oc1ccc(F)cc1. The van der Waals surface area contributed by atoms with Crippen LogP contribution in [0, 0.1) is 12.7 Å². The number of likely N-dealkylation sites (tertiary alicyclic amines) is 1. The van der Waals surface area contributed by atoms with Gasteiger partial charge in [0, 0.05) is 18.5 Å². The molecule has 176 valence electrons. The lowest BCUT2D eigenvalue weighted by atomic mass is 10.1. The predicted molar refractivity (Wildman–Crippen MR) is 109 cm³/mol. The molecule has 2 N–H and O–H groups in total. The lowest BCUT2D eigenvalue weighted by molar-refractivity contribution is -0.160. The van der Waals surface area contributed by atoms with Crippen molar-refractivity contribution in [1.82, 2.24) is 10.2 Å². The number of ether oxygens (including phenoxy) is 2.